The van der Waals surface area contributed by atoms with Crippen molar-refractivity contribution >= 4 is 49.7 Å². The highest BCUT2D eigenvalue weighted by molar-refractivity contribution is 7.91. The fourth-order valence-electron chi connectivity index (χ4n) is 5.83. The smallest absolute Gasteiger partial charge is 0.252 e. The lowest BCUT2D eigenvalue weighted by Crippen LogP contribution is -2.59. The van der Waals surface area contributed by atoms with Gasteiger partial charge in [-0.15, -0.1) is 0 Å². The van der Waals surface area contributed by atoms with Gasteiger partial charge in [-0.05, 0) is 66.8 Å². The Morgan fingerprint density at radius 1 is 1.07 bits per heavy atom. The van der Waals surface area contributed by atoms with Crippen LogP contribution in [0.25, 0.3) is 10.8 Å². The second-order valence-corrected chi connectivity index (χ2v) is 13.4. The molecule has 0 bridgehead atoms. The maximum atomic E-state index is 14.6. The number of carbonyl (C=O) groups is 3. The van der Waals surface area contributed by atoms with E-state index in [-0.39, 0.29) is 29.6 Å². The molecule has 0 aliphatic carbocycles. The number of anilines is 2. The van der Waals surface area contributed by atoms with Crippen molar-refractivity contribution < 1.29 is 22.8 Å². The number of nitrogens with one attached hydrogen (secondary N) is 1. The summed E-state index contributed by atoms with van der Waals surface area (Å²) in [6.07, 6.45) is 2.97. The van der Waals surface area contributed by atoms with Crippen molar-refractivity contribution in [2.24, 2.45) is 5.92 Å². The molecule has 0 saturated heterocycles. The molecule has 0 spiro atoms. The number of sulfone groups is 1. The highest BCUT2D eigenvalue weighted by Gasteiger charge is 2.43. The molecule has 0 saturated carbocycles. The number of nitriles is 1. The summed E-state index contributed by atoms with van der Waals surface area (Å²) in [5, 5.41) is 14.6. The molecule has 3 atom stereocenters. The number of benzene rings is 3. The lowest BCUT2D eigenvalue weighted by Gasteiger charge is -2.33. The zero-order chi connectivity index (χ0) is 31.5. The van der Waals surface area contributed by atoms with Crippen LogP contribution in [0.4, 0.5) is 11.4 Å². The molecule has 3 aromatic carbocycles. The van der Waals surface area contributed by atoms with Gasteiger partial charge < -0.3 is 15.1 Å². The molecule has 43 heavy (non-hydrogen) atoms. The van der Waals surface area contributed by atoms with E-state index in [1.54, 1.807) is 24.0 Å². The third-order valence-electron chi connectivity index (χ3n) is 8.12. The Bertz CT molecular complexity index is 1710. The van der Waals surface area contributed by atoms with Crippen LogP contribution in [0, 0.1) is 24.2 Å². The molecule has 0 radical (unpaired) electrons. The quantitative estimate of drug-likeness (QED) is 0.380. The molecular formula is C33H38N4O5S. The average molecular weight is 603 g/mol. The normalized spacial score (nSPS) is 17.6. The third kappa shape index (κ3) is 6.73. The van der Waals surface area contributed by atoms with Gasteiger partial charge in [-0.3, -0.25) is 14.4 Å². The topological polar surface area (TPSA) is 128 Å². The summed E-state index contributed by atoms with van der Waals surface area (Å²) in [6, 6.07) is 16.5. The Morgan fingerprint density at radius 3 is 2.44 bits per heavy atom. The van der Waals surface area contributed by atoms with E-state index < -0.39 is 39.5 Å². The van der Waals surface area contributed by atoms with Crippen molar-refractivity contribution in [1.29, 1.82) is 5.26 Å². The zero-order valence-electron chi connectivity index (χ0n) is 25.3. The lowest BCUT2D eigenvalue weighted by molar-refractivity contribution is -0.131. The monoisotopic (exact) mass is 602 g/mol. The number of amides is 3. The maximum Gasteiger partial charge on any atom is 0.252 e. The maximum absolute atomic E-state index is 14.6. The molecule has 9 nitrogen and oxygen atoms in total. The molecule has 0 aromatic heterocycles. The van der Waals surface area contributed by atoms with Crippen LogP contribution in [0.5, 0.6) is 0 Å². The van der Waals surface area contributed by atoms with Gasteiger partial charge in [-0.1, -0.05) is 56.7 Å². The molecule has 1 aliphatic rings. The summed E-state index contributed by atoms with van der Waals surface area (Å²) in [5.74, 6) is -2.59. The van der Waals surface area contributed by atoms with Crippen molar-refractivity contribution in [1.82, 2.24) is 5.32 Å². The van der Waals surface area contributed by atoms with Crippen LogP contribution in [0.3, 0.4) is 0 Å². The number of nitrogens with zero attached hydrogens (tertiary/aromatic N) is 3. The molecule has 226 valence electrons. The Labute approximate surface area is 253 Å². The van der Waals surface area contributed by atoms with Crippen LogP contribution in [0.1, 0.15) is 56.7 Å². The Kier molecular flexibility index (Phi) is 9.55. The molecule has 3 aromatic rings. The minimum Gasteiger partial charge on any atom is -0.342 e. The number of hydrogen-bond acceptors (Lipinski definition) is 6. The molecule has 10 heteroatoms. The van der Waals surface area contributed by atoms with Gasteiger partial charge in [0.1, 0.15) is 11.8 Å². The molecule has 1 aliphatic heterocycles. The zero-order valence-corrected chi connectivity index (χ0v) is 26.1. The van der Waals surface area contributed by atoms with Crippen LogP contribution < -0.4 is 15.1 Å². The summed E-state index contributed by atoms with van der Waals surface area (Å²) in [4.78, 5) is 44.5. The predicted octanol–water partition coefficient (Wildman–Crippen LogP) is 4.64. The molecular weight excluding hydrogens is 564 g/mol. The van der Waals surface area contributed by atoms with E-state index in [9.17, 15) is 28.1 Å². The van der Waals surface area contributed by atoms with E-state index in [0.29, 0.717) is 18.5 Å². The third-order valence-corrected chi connectivity index (χ3v) is 8.89. The summed E-state index contributed by atoms with van der Waals surface area (Å²) in [5.41, 5.74) is 2.69. The van der Waals surface area contributed by atoms with Gasteiger partial charge >= 0.3 is 0 Å². The summed E-state index contributed by atoms with van der Waals surface area (Å²) >= 11 is 0. The second-order valence-electron chi connectivity index (χ2n) is 11.3. The first-order chi connectivity index (χ1) is 20.4. The van der Waals surface area contributed by atoms with Gasteiger partial charge in [0.15, 0.2) is 9.84 Å². The van der Waals surface area contributed by atoms with E-state index in [4.69, 9.17) is 0 Å². The van der Waals surface area contributed by atoms with Crippen molar-refractivity contribution in [2.45, 2.75) is 65.6 Å². The van der Waals surface area contributed by atoms with E-state index in [2.05, 4.69) is 11.4 Å². The number of carbonyl (C=O) groups excluding carboxylic acids is 3. The molecule has 1 heterocycles. The van der Waals surface area contributed by atoms with Crippen LogP contribution in [-0.4, -0.2) is 50.2 Å². The summed E-state index contributed by atoms with van der Waals surface area (Å²) in [7, 11) is -3.74. The highest BCUT2D eigenvalue weighted by atomic mass is 32.2. The molecule has 0 fully saturated rings. The van der Waals surface area contributed by atoms with Gasteiger partial charge in [0.05, 0.1) is 35.6 Å². The molecule has 0 unspecified atom stereocenters. The minimum absolute atomic E-state index is 0.129. The number of aryl methyl sites for hydroxylation is 1. The highest BCUT2D eigenvalue weighted by Crippen LogP contribution is 2.38. The Balaban J connectivity index is 1.94. The van der Waals surface area contributed by atoms with Crippen molar-refractivity contribution in [3.05, 3.63) is 71.3 Å². The first kappa shape index (κ1) is 31.7. The Morgan fingerprint density at radius 2 is 1.79 bits per heavy atom. The lowest BCUT2D eigenvalue weighted by atomic mass is 9.97. The molecule has 1 N–H and O–H groups in total. The van der Waals surface area contributed by atoms with Crippen molar-refractivity contribution in [2.75, 3.05) is 21.8 Å². The Hall–Kier alpha value is -4.23. The largest absolute Gasteiger partial charge is 0.342 e. The summed E-state index contributed by atoms with van der Waals surface area (Å²) < 4.78 is 24.5. The SMILES string of the molecule is CCC[C@@H](CC)C(=O)N[C@@H]1C(=O)N(Cc2c(C)ccc3ccccc23)c2ccc(C#N)cc2N(C(=O)CS(C)(=O)=O)[C@H]1C. The van der Waals surface area contributed by atoms with Crippen molar-refractivity contribution in [3.63, 3.8) is 0 Å². The fraction of sp³-hybridized carbons (Fsp3) is 0.394. The standard InChI is InChI=1S/C33H38N4O5S/c1-6-10-24(7-2)32(39)35-31-22(4)37(30(38)20-43(5,41)42)29-17-23(18-34)14-16-28(29)36(33(31)40)19-27-21(3)13-15-25-11-8-9-12-26(25)27/h8-9,11-17,22,24,31H,6-7,10,19-20H2,1-5H3,(H,35,39)/t22-,24+,31-/m0/s1. The van der Waals surface area contributed by atoms with Gasteiger partial charge in [0.2, 0.25) is 11.8 Å². The second kappa shape index (κ2) is 13.0. The van der Waals surface area contributed by atoms with Crippen LogP contribution in [0.2, 0.25) is 0 Å². The van der Waals surface area contributed by atoms with Crippen LogP contribution in [0.15, 0.2) is 54.6 Å². The fourth-order valence-corrected chi connectivity index (χ4v) is 6.42. The first-order valence-corrected chi connectivity index (χ1v) is 16.6. The predicted molar refractivity (Wildman–Crippen MR) is 168 cm³/mol. The number of fused-ring (bicyclic) bond motifs is 2. The van der Waals surface area contributed by atoms with Crippen molar-refractivity contribution in [3.8, 4) is 6.07 Å². The van der Waals surface area contributed by atoms with E-state index in [1.807, 2.05) is 57.2 Å². The van der Waals surface area contributed by atoms with Crippen LogP contribution in [-0.2, 0) is 30.8 Å². The average Bonchev–Trinajstić information content (AvgIpc) is 3.04. The van der Waals surface area contributed by atoms with Gasteiger partial charge in [-0.25, -0.2) is 8.42 Å². The molecule has 3 amide bonds. The number of rotatable bonds is 9. The van der Waals surface area contributed by atoms with Gasteiger partial charge in [-0.2, -0.15) is 5.26 Å². The first-order valence-electron chi connectivity index (χ1n) is 14.5. The van der Waals surface area contributed by atoms with Gasteiger partial charge in [0, 0.05) is 12.2 Å². The van der Waals surface area contributed by atoms with E-state index in [0.717, 1.165) is 34.6 Å². The number of hydrogen-bond donors (Lipinski definition) is 1. The van der Waals surface area contributed by atoms with Gasteiger partial charge in [0.25, 0.3) is 5.91 Å². The minimum atomic E-state index is -3.74. The van der Waals surface area contributed by atoms with Crippen LogP contribution >= 0.6 is 0 Å². The molecule has 4 rings (SSSR count). The summed E-state index contributed by atoms with van der Waals surface area (Å²) in [6.45, 7) is 7.61. The van der Waals surface area contributed by atoms with E-state index in [1.165, 1.54) is 11.0 Å². The van der Waals surface area contributed by atoms with E-state index >= 15 is 0 Å².